The third kappa shape index (κ3) is 3.42. The highest BCUT2D eigenvalue weighted by Crippen LogP contribution is 2.62. The topological polar surface area (TPSA) is 78.6 Å². The number of pyridine rings is 1. The van der Waals surface area contributed by atoms with E-state index >= 15 is 0 Å². The second kappa shape index (κ2) is 7.66. The van der Waals surface area contributed by atoms with Crippen LogP contribution in [-0.2, 0) is 4.79 Å². The zero-order valence-corrected chi connectivity index (χ0v) is 17.6. The minimum atomic E-state index is -0.616. The van der Waals surface area contributed by atoms with Gasteiger partial charge in [-0.05, 0) is 55.9 Å². The third-order valence-electron chi connectivity index (χ3n) is 7.07. The molecule has 164 valence electrons. The summed E-state index contributed by atoms with van der Waals surface area (Å²) in [7, 11) is 0. The first-order chi connectivity index (χ1) is 15.4. The van der Waals surface area contributed by atoms with Gasteiger partial charge < -0.3 is 4.74 Å². The number of hydrazone groups is 1. The van der Waals surface area contributed by atoms with Crippen LogP contribution in [0.3, 0.4) is 0 Å². The van der Waals surface area contributed by atoms with Crippen LogP contribution in [0.5, 0.6) is 5.88 Å². The van der Waals surface area contributed by atoms with Crippen LogP contribution in [0.1, 0.15) is 48.4 Å². The Hall–Kier alpha value is -3.34. The molecule has 0 saturated heterocycles. The van der Waals surface area contributed by atoms with E-state index in [1.54, 1.807) is 18.3 Å². The highest BCUT2D eigenvalue weighted by molar-refractivity contribution is 5.83. The summed E-state index contributed by atoms with van der Waals surface area (Å²) in [5, 5.41) is 14.5. The second-order valence-electron chi connectivity index (χ2n) is 9.11. The Kier molecular flexibility index (Phi) is 4.92. The van der Waals surface area contributed by atoms with E-state index in [1.165, 1.54) is 30.3 Å². The van der Waals surface area contributed by atoms with Crippen molar-refractivity contribution in [2.24, 2.45) is 22.4 Å². The molecule has 6 nitrogen and oxygen atoms in total. The van der Waals surface area contributed by atoms with Crippen LogP contribution in [0.15, 0.2) is 35.6 Å². The lowest BCUT2D eigenvalue weighted by molar-refractivity contribution is -0.138. The van der Waals surface area contributed by atoms with Crippen LogP contribution in [-0.4, -0.2) is 28.7 Å². The van der Waals surface area contributed by atoms with Gasteiger partial charge in [0.15, 0.2) is 0 Å². The second-order valence-corrected chi connectivity index (χ2v) is 9.11. The molecule has 0 spiro atoms. The van der Waals surface area contributed by atoms with Crippen molar-refractivity contribution in [1.82, 2.24) is 9.99 Å². The summed E-state index contributed by atoms with van der Waals surface area (Å²) in [4.78, 5) is 17.5. The lowest BCUT2D eigenvalue weighted by atomic mass is 9.70. The summed E-state index contributed by atoms with van der Waals surface area (Å²) in [6.45, 7) is 1.86. The van der Waals surface area contributed by atoms with Crippen LogP contribution in [0.4, 0.5) is 8.78 Å². The van der Waals surface area contributed by atoms with Gasteiger partial charge in [-0.2, -0.15) is 10.4 Å². The Bertz CT molecular complexity index is 1110. The van der Waals surface area contributed by atoms with Crippen LogP contribution >= 0.6 is 0 Å². The van der Waals surface area contributed by atoms with E-state index in [9.17, 15) is 13.6 Å². The molecule has 3 saturated carbocycles. The Morgan fingerprint density at radius 1 is 1.28 bits per heavy atom. The Labute approximate surface area is 184 Å². The van der Waals surface area contributed by atoms with Crippen LogP contribution in [0.2, 0.25) is 0 Å². The van der Waals surface area contributed by atoms with Crippen molar-refractivity contribution in [3.05, 3.63) is 58.8 Å². The van der Waals surface area contributed by atoms with Gasteiger partial charge in [0.1, 0.15) is 17.7 Å². The van der Waals surface area contributed by atoms with Gasteiger partial charge in [-0.1, -0.05) is 0 Å². The highest BCUT2D eigenvalue weighted by Gasteiger charge is 2.59. The minimum Gasteiger partial charge on any atom is -0.477 e. The van der Waals surface area contributed by atoms with Crippen molar-refractivity contribution in [2.75, 3.05) is 6.61 Å². The number of benzene rings is 1. The molecule has 2 aromatic rings. The molecule has 3 fully saturated rings. The van der Waals surface area contributed by atoms with Gasteiger partial charge in [-0.25, -0.2) is 18.8 Å². The molecule has 4 aliphatic rings. The number of hydrogen-bond acceptors (Lipinski definition) is 5. The van der Waals surface area contributed by atoms with Crippen LogP contribution in [0.25, 0.3) is 0 Å². The van der Waals surface area contributed by atoms with E-state index < -0.39 is 17.7 Å². The normalized spacial score (nSPS) is 27.8. The maximum Gasteiger partial charge on any atom is 0.246 e. The first-order valence-electron chi connectivity index (χ1n) is 10.7. The van der Waals surface area contributed by atoms with Crippen molar-refractivity contribution in [3.63, 3.8) is 0 Å². The van der Waals surface area contributed by atoms with Gasteiger partial charge in [-0.3, -0.25) is 4.79 Å². The zero-order valence-electron chi connectivity index (χ0n) is 17.6. The molecule has 3 aliphatic carbocycles. The van der Waals surface area contributed by atoms with E-state index in [0.717, 1.165) is 12.8 Å². The zero-order chi connectivity index (χ0) is 22.5. The average molecular weight is 436 g/mol. The highest BCUT2D eigenvalue weighted by atomic mass is 19.1. The first-order valence-corrected chi connectivity index (χ1v) is 10.7. The number of nitrogens with zero attached hydrogens (tertiary/aromatic N) is 4. The first kappa shape index (κ1) is 20.6. The fraction of sp³-hybridized carbons (Fsp3) is 0.417. The maximum atomic E-state index is 14.1. The number of carbonyl (C=O) groups is 1. The van der Waals surface area contributed by atoms with Gasteiger partial charge in [-0.15, -0.1) is 0 Å². The standard InChI is InChI=1S/C24H22F2N4O2/c1-14-19(25)6-16(7-20(14)26)21-4-5-29-30(21)23(31)18-10-24(8-17(18)9-24)13-32-22-3-2-15(11-27)12-28-22/h2-3,5-7,12,17-18,21H,4,8-10,13H2,1H3/t17?,18-,21?,24?/m0/s1. The number of halogens is 2. The summed E-state index contributed by atoms with van der Waals surface area (Å²) < 4.78 is 34.0. The predicted molar refractivity (Wildman–Crippen MR) is 112 cm³/mol. The van der Waals surface area contributed by atoms with E-state index in [0.29, 0.717) is 36.5 Å². The van der Waals surface area contributed by atoms with Crippen molar-refractivity contribution >= 4 is 12.1 Å². The van der Waals surface area contributed by atoms with Crippen LogP contribution < -0.4 is 4.74 Å². The fourth-order valence-electron chi connectivity index (χ4n) is 5.29. The lowest BCUT2D eigenvalue weighted by Gasteiger charge is -2.38. The molecular formula is C24H22F2N4O2. The quantitative estimate of drug-likeness (QED) is 0.700. The molecule has 6 rings (SSSR count). The van der Waals surface area contributed by atoms with Crippen molar-refractivity contribution in [2.45, 2.75) is 38.6 Å². The predicted octanol–water partition coefficient (Wildman–Crippen LogP) is 4.29. The number of nitriles is 1. The molecule has 2 bridgehead atoms. The molecule has 0 radical (unpaired) electrons. The summed E-state index contributed by atoms with van der Waals surface area (Å²) >= 11 is 0. The molecule has 8 heteroatoms. The summed E-state index contributed by atoms with van der Waals surface area (Å²) in [5.41, 5.74) is 0.800. The summed E-state index contributed by atoms with van der Waals surface area (Å²) in [6.07, 6.45) is 6.03. The molecule has 2 heterocycles. The summed E-state index contributed by atoms with van der Waals surface area (Å²) in [5.74, 6) is -0.770. The van der Waals surface area contributed by atoms with E-state index in [4.69, 9.17) is 10.00 Å². The van der Waals surface area contributed by atoms with Crippen molar-refractivity contribution in [3.8, 4) is 11.9 Å². The van der Waals surface area contributed by atoms with Crippen molar-refractivity contribution < 1.29 is 18.3 Å². The number of ether oxygens (including phenoxy) is 1. The smallest absolute Gasteiger partial charge is 0.246 e. The van der Waals surface area contributed by atoms with E-state index in [-0.39, 0.29) is 28.7 Å². The fourth-order valence-corrected chi connectivity index (χ4v) is 5.29. The average Bonchev–Trinajstić information content (AvgIpc) is 3.49. The largest absolute Gasteiger partial charge is 0.477 e. The molecule has 1 aromatic heterocycles. The van der Waals surface area contributed by atoms with E-state index in [2.05, 4.69) is 10.1 Å². The molecule has 1 aliphatic heterocycles. The molecular weight excluding hydrogens is 414 g/mol. The number of amides is 1. The molecule has 32 heavy (non-hydrogen) atoms. The minimum absolute atomic E-state index is 0.0270. The molecule has 1 amide bonds. The number of fused-ring (bicyclic) bond motifs is 1. The Balaban J connectivity index is 1.25. The molecule has 0 N–H and O–H groups in total. The van der Waals surface area contributed by atoms with E-state index in [1.807, 2.05) is 6.07 Å². The number of rotatable bonds is 5. The number of carbonyl (C=O) groups excluding carboxylic acids is 1. The van der Waals surface area contributed by atoms with Crippen LogP contribution in [0, 0.1) is 47.1 Å². The van der Waals surface area contributed by atoms with Gasteiger partial charge in [0.25, 0.3) is 0 Å². The monoisotopic (exact) mass is 436 g/mol. The van der Waals surface area contributed by atoms with Gasteiger partial charge in [0.05, 0.1) is 18.2 Å². The number of hydrogen-bond donors (Lipinski definition) is 0. The van der Waals surface area contributed by atoms with Gasteiger partial charge in [0, 0.05) is 41.8 Å². The number of aromatic nitrogens is 1. The maximum absolute atomic E-state index is 14.1. The lowest BCUT2D eigenvalue weighted by Crippen LogP contribution is -2.36. The molecule has 2 atom stereocenters. The third-order valence-corrected chi connectivity index (χ3v) is 7.07. The SMILES string of the molecule is Cc1c(F)cc(C2CC=NN2C(=O)[C@H]2CC3(COc4ccc(C#N)cn4)CC2C3)cc1F. The van der Waals surface area contributed by atoms with Gasteiger partial charge >= 0.3 is 0 Å². The van der Waals surface area contributed by atoms with Gasteiger partial charge in [0.2, 0.25) is 11.8 Å². The molecule has 1 aromatic carbocycles. The Morgan fingerprint density at radius 3 is 2.69 bits per heavy atom. The molecule has 1 unspecified atom stereocenters. The van der Waals surface area contributed by atoms with Crippen molar-refractivity contribution in [1.29, 1.82) is 5.26 Å². The Morgan fingerprint density at radius 2 is 2.03 bits per heavy atom. The summed E-state index contributed by atoms with van der Waals surface area (Å²) in [6, 6.07) is 7.47.